The van der Waals surface area contributed by atoms with Crippen LogP contribution in [0.25, 0.3) is 0 Å². The third kappa shape index (κ3) is 2.88. The minimum atomic E-state index is -0.270. The van der Waals surface area contributed by atoms with Gasteiger partial charge in [0.1, 0.15) is 17.2 Å². The topological polar surface area (TPSA) is 67.2 Å². The van der Waals surface area contributed by atoms with Gasteiger partial charge in [0.05, 0.1) is 11.9 Å². The lowest BCUT2D eigenvalue weighted by Gasteiger charge is -2.37. The first-order valence-corrected chi connectivity index (χ1v) is 7.86. The minimum absolute atomic E-state index is 0.227. The van der Waals surface area contributed by atoms with Crippen LogP contribution >= 0.6 is 11.6 Å². The van der Waals surface area contributed by atoms with Gasteiger partial charge in [0, 0.05) is 44.5 Å². The molecule has 23 heavy (non-hydrogen) atoms. The third-order valence-corrected chi connectivity index (χ3v) is 4.64. The molecule has 1 aliphatic rings. The summed E-state index contributed by atoms with van der Waals surface area (Å²) in [5.41, 5.74) is 2.53. The maximum absolute atomic E-state index is 11.9. The van der Waals surface area contributed by atoms with Crippen molar-refractivity contribution in [2.75, 3.05) is 36.0 Å². The number of aryl methyl sites for hydroxylation is 2. The summed E-state index contributed by atoms with van der Waals surface area (Å²) in [6, 6.07) is 0. The number of nitrogens with zero attached hydrogens (tertiary/aromatic N) is 6. The van der Waals surface area contributed by atoms with Gasteiger partial charge in [0.15, 0.2) is 0 Å². The second kappa shape index (κ2) is 6.16. The van der Waals surface area contributed by atoms with E-state index in [0.717, 1.165) is 43.3 Å². The second-order valence-electron chi connectivity index (χ2n) is 5.65. The zero-order chi connectivity index (χ0) is 16.6. The number of hydrogen-bond acceptors (Lipinski definition) is 6. The zero-order valence-electron chi connectivity index (χ0n) is 13.5. The Morgan fingerprint density at radius 2 is 1.74 bits per heavy atom. The fourth-order valence-corrected chi connectivity index (χ4v) is 3.02. The van der Waals surface area contributed by atoms with Crippen molar-refractivity contribution in [3.05, 3.63) is 39.2 Å². The van der Waals surface area contributed by atoms with Crippen molar-refractivity contribution in [1.82, 2.24) is 19.7 Å². The number of aromatic nitrogens is 4. The van der Waals surface area contributed by atoms with Gasteiger partial charge in [-0.2, -0.15) is 5.10 Å². The summed E-state index contributed by atoms with van der Waals surface area (Å²) >= 11 is 6.18. The van der Waals surface area contributed by atoms with Crippen LogP contribution in [-0.2, 0) is 7.05 Å². The molecule has 2 aromatic rings. The molecular weight excluding hydrogens is 316 g/mol. The van der Waals surface area contributed by atoms with Crippen molar-refractivity contribution in [2.24, 2.45) is 7.05 Å². The molecule has 0 amide bonds. The smallest absolute Gasteiger partial charge is 0.287 e. The monoisotopic (exact) mass is 334 g/mol. The number of rotatable bonds is 2. The predicted octanol–water partition coefficient (Wildman–Crippen LogP) is 1.17. The van der Waals surface area contributed by atoms with E-state index in [1.807, 2.05) is 13.8 Å². The normalized spacial score (nSPS) is 15.1. The Kier molecular flexibility index (Phi) is 4.21. The lowest BCUT2D eigenvalue weighted by molar-refractivity contribution is 0.636. The van der Waals surface area contributed by atoms with Gasteiger partial charge >= 0.3 is 0 Å². The average molecular weight is 335 g/mol. The van der Waals surface area contributed by atoms with Gasteiger partial charge in [-0.15, -0.1) is 0 Å². The summed E-state index contributed by atoms with van der Waals surface area (Å²) < 4.78 is 1.25. The Hall–Kier alpha value is -2.15. The molecule has 1 fully saturated rings. The van der Waals surface area contributed by atoms with Gasteiger partial charge in [-0.25, -0.2) is 14.6 Å². The SMILES string of the molecule is Cc1ncnc(N2CCN(c3cnn(C)c(=O)c3Cl)CC2)c1C. The molecule has 0 aliphatic carbocycles. The molecular formula is C15H19ClN6O. The van der Waals surface area contributed by atoms with Gasteiger partial charge in [0.2, 0.25) is 0 Å². The maximum atomic E-state index is 11.9. The van der Waals surface area contributed by atoms with E-state index in [0.29, 0.717) is 5.69 Å². The number of halogens is 1. The molecule has 3 rings (SSSR count). The Labute approximate surface area is 139 Å². The molecule has 7 nitrogen and oxygen atoms in total. The summed E-state index contributed by atoms with van der Waals surface area (Å²) in [5, 5.41) is 4.29. The van der Waals surface area contributed by atoms with Crippen LogP contribution in [-0.4, -0.2) is 45.9 Å². The fraction of sp³-hybridized carbons (Fsp3) is 0.467. The average Bonchev–Trinajstić information content (AvgIpc) is 2.56. The lowest BCUT2D eigenvalue weighted by Crippen LogP contribution is -2.47. The van der Waals surface area contributed by atoms with Crippen LogP contribution in [0.4, 0.5) is 11.5 Å². The minimum Gasteiger partial charge on any atom is -0.365 e. The molecule has 0 N–H and O–H groups in total. The lowest BCUT2D eigenvalue weighted by atomic mass is 10.2. The van der Waals surface area contributed by atoms with E-state index in [1.165, 1.54) is 4.68 Å². The molecule has 122 valence electrons. The molecule has 1 saturated heterocycles. The zero-order valence-corrected chi connectivity index (χ0v) is 14.2. The summed E-state index contributed by atoms with van der Waals surface area (Å²) in [6.45, 7) is 7.17. The van der Waals surface area contributed by atoms with Gasteiger partial charge < -0.3 is 9.80 Å². The molecule has 0 radical (unpaired) electrons. The van der Waals surface area contributed by atoms with Crippen LogP contribution in [0.2, 0.25) is 5.02 Å². The van der Waals surface area contributed by atoms with Crippen molar-refractivity contribution in [3.63, 3.8) is 0 Å². The summed E-state index contributed by atoms with van der Waals surface area (Å²) in [5.74, 6) is 0.977. The molecule has 0 unspecified atom stereocenters. The quantitative estimate of drug-likeness (QED) is 0.821. The molecule has 8 heteroatoms. The van der Waals surface area contributed by atoms with E-state index < -0.39 is 0 Å². The first-order chi connectivity index (χ1) is 11.0. The summed E-state index contributed by atoms with van der Waals surface area (Å²) in [4.78, 5) is 24.9. The number of piperazine rings is 1. The van der Waals surface area contributed by atoms with E-state index in [-0.39, 0.29) is 10.6 Å². The Morgan fingerprint density at radius 3 is 2.43 bits per heavy atom. The number of hydrogen-bond donors (Lipinski definition) is 0. The van der Waals surface area contributed by atoms with E-state index in [1.54, 1.807) is 19.6 Å². The summed E-state index contributed by atoms with van der Waals surface area (Å²) in [6.07, 6.45) is 3.26. The van der Waals surface area contributed by atoms with Crippen LogP contribution in [0.1, 0.15) is 11.3 Å². The highest BCUT2D eigenvalue weighted by atomic mass is 35.5. The molecule has 0 spiro atoms. The largest absolute Gasteiger partial charge is 0.365 e. The highest BCUT2D eigenvalue weighted by Gasteiger charge is 2.22. The Morgan fingerprint density at radius 1 is 1.09 bits per heavy atom. The van der Waals surface area contributed by atoms with Gasteiger partial charge in [-0.1, -0.05) is 11.6 Å². The fourth-order valence-electron chi connectivity index (χ4n) is 2.73. The Bertz CT molecular complexity index is 782. The van der Waals surface area contributed by atoms with Crippen molar-refractivity contribution < 1.29 is 0 Å². The van der Waals surface area contributed by atoms with Crippen LogP contribution < -0.4 is 15.4 Å². The standard InChI is InChI=1S/C15H19ClN6O/c1-10-11(2)17-9-18-14(10)22-6-4-21(5-7-22)12-8-19-20(3)15(23)13(12)16/h8-9H,4-7H2,1-3H3. The van der Waals surface area contributed by atoms with Crippen LogP contribution in [0, 0.1) is 13.8 Å². The highest BCUT2D eigenvalue weighted by molar-refractivity contribution is 6.33. The van der Waals surface area contributed by atoms with Crippen molar-refractivity contribution in [3.8, 4) is 0 Å². The molecule has 2 aromatic heterocycles. The van der Waals surface area contributed by atoms with Gasteiger partial charge in [-0.05, 0) is 13.8 Å². The predicted molar refractivity (Wildman–Crippen MR) is 90.4 cm³/mol. The number of anilines is 2. The first kappa shape index (κ1) is 15.7. The molecule has 0 saturated carbocycles. The van der Waals surface area contributed by atoms with E-state index in [2.05, 4.69) is 24.9 Å². The Balaban J connectivity index is 1.78. The van der Waals surface area contributed by atoms with Crippen LogP contribution in [0.5, 0.6) is 0 Å². The van der Waals surface area contributed by atoms with E-state index >= 15 is 0 Å². The van der Waals surface area contributed by atoms with Crippen molar-refractivity contribution >= 4 is 23.1 Å². The first-order valence-electron chi connectivity index (χ1n) is 7.49. The molecule has 0 aromatic carbocycles. The van der Waals surface area contributed by atoms with E-state index in [4.69, 9.17) is 11.6 Å². The second-order valence-corrected chi connectivity index (χ2v) is 6.03. The van der Waals surface area contributed by atoms with Gasteiger partial charge in [-0.3, -0.25) is 4.79 Å². The van der Waals surface area contributed by atoms with Crippen LogP contribution in [0.15, 0.2) is 17.3 Å². The third-order valence-electron chi connectivity index (χ3n) is 4.29. The van der Waals surface area contributed by atoms with Crippen molar-refractivity contribution in [1.29, 1.82) is 0 Å². The molecule has 0 atom stereocenters. The van der Waals surface area contributed by atoms with Crippen molar-refractivity contribution in [2.45, 2.75) is 13.8 Å². The molecule has 3 heterocycles. The molecule has 0 bridgehead atoms. The summed E-state index contributed by atoms with van der Waals surface area (Å²) in [7, 11) is 1.59. The highest BCUT2D eigenvalue weighted by Crippen LogP contribution is 2.25. The molecule has 1 aliphatic heterocycles. The van der Waals surface area contributed by atoms with E-state index in [9.17, 15) is 4.79 Å². The maximum Gasteiger partial charge on any atom is 0.287 e. The van der Waals surface area contributed by atoms with Gasteiger partial charge in [0.25, 0.3) is 5.56 Å². The van der Waals surface area contributed by atoms with Crippen LogP contribution in [0.3, 0.4) is 0 Å².